The first-order valence-electron chi connectivity index (χ1n) is 5.77. The van der Waals surface area contributed by atoms with E-state index in [0.29, 0.717) is 12.2 Å². The van der Waals surface area contributed by atoms with Crippen molar-refractivity contribution in [1.29, 1.82) is 0 Å². The highest BCUT2D eigenvalue weighted by atomic mass is 19.2. The van der Waals surface area contributed by atoms with E-state index in [1.54, 1.807) is 6.07 Å². The fourth-order valence-electron chi connectivity index (χ4n) is 1.81. The SMILES string of the molecule is CCNC(c1ccncn1)c1ccc(F)c(F)c1F. The molecule has 1 heterocycles. The Kier molecular flexibility index (Phi) is 4.11. The molecular weight excluding hydrogens is 255 g/mol. The summed E-state index contributed by atoms with van der Waals surface area (Å²) in [6.07, 6.45) is 2.82. The summed E-state index contributed by atoms with van der Waals surface area (Å²) < 4.78 is 40.1. The smallest absolute Gasteiger partial charge is 0.194 e. The summed E-state index contributed by atoms with van der Waals surface area (Å²) in [5.74, 6) is -3.89. The van der Waals surface area contributed by atoms with E-state index in [1.165, 1.54) is 18.6 Å². The van der Waals surface area contributed by atoms with Gasteiger partial charge in [0.25, 0.3) is 0 Å². The molecule has 1 N–H and O–H groups in total. The van der Waals surface area contributed by atoms with Crippen molar-refractivity contribution in [1.82, 2.24) is 15.3 Å². The Morgan fingerprint density at radius 1 is 1.16 bits per heavy atom. The van der Waals surface area contributed by atoms with Gasteiger partial charge in [-0.3, -0.25) is 0 Å². The quantitative estimate of drug-likeness (QED) is 0.865. The highest BCUT2D eigenvalue weighted by Gasteiger charge is 2.22. The third kappa shape index (κ3) is 2.73. The number of rotatable bonds is 4. The summed E-state index contributed by atoms with van der Waals surface area (Å²) in [5, 5.41) is 2.98. The molecule has 2 aromatic rings. The molecule has 0 aliphatic carbocycles. The monoisotopic (exact) mass is 267 g/mol. The summed E-state index contributed by atoms with van der Waals surface area (Å²) in [5.41, 5.74) is 0.501. The zero-order valence-electron chi connectivity index (χ0n) is 10.2. The largest absolute Gasteiger partial charge is 0.305 e. The van der Waals surface area contributed by atoms with E-state index < -0.39 is 23.5 Å². The standard InChI is InChI=1S/C13H12F3N3/c1-2-18-13(10-5-6-17-7-19-10)8-3-4-9(14)12(16)11(8)15/h3-7,13,18H,2H2,1H3. The lowest BCUT2D eigenvalue weighted by Crippen LogP contribution is -2.24. The highest BCUT2D eigenvalue weighted by molar-refractivity contribution is 5.29. The van der Waals surface area contributed by atoms with Crippen molar-refractivity contribution < 1.29 is 13.2 Å². The second-order valence-electron chi connectivity index (χ2n) is 3.89. The normalized spacial score (nSPS) is 12.4. The number of nitrogens with one attached hydrogen (secondary N) is 1. The zero-order chi connectivity index (χ0) is 13.8. The predicted molar refractivity (Wildman–Crippen MR) is 63.9 cm³/mol. The first-order chi connectivity index (χ1) is 9.15. The van der Waals surface area contributed by atoms with E-state index in [-0.39, 0.29) is 5.56 Å². The maximum atomic E-state index is 13.8. The molecule has 0 fully saturated rings. The Balaban J connectivity index is 2.49. The van der Waals surface area contributed by atoms with Crippen LogP contribution in [0.15, 0.2) is 30.7 Å². The minimum absolute atomic E-state index is 0.0134. The summed E-state index contributed by atoms with van der Waals surface area (Å²) in [4.78, 5) is 7.78. The van der Waals surface area contributed by atoms with Crippen LogP contribution in [0.2, 0.25) is 0 Å². The molecular formula is C13H12F3N3. The molecule has 1 unspecified atom stereocenters. The van der Waals surface area contributed by atoms with Crippen molar-refractivity contribution in [3.8, 4) is 0 Å². The second kappa shape index (κ2) is 5.79. The van der Waals surface area contributed by atoms with Gasteiger partial charge in [-0.25, -0.2) is 23.1 Å². The van der Waals surface area contributed by atoms with Crippen LogP contribution in [0.5, 0.6) is 0 Å². The molecule has 0 bridgehead atoms. The molecule has 0 spiro atoms. The van der Waals surface area contributed by atoms with Gasteiger partial charge in [0.1, 0.15) is 6.33 Å². The Morgan fingerprint density at radius 2 is 1.95 bits per heavy atom. The minimum atomic E-state index is -1.48. The molecule has 1 aromatic heterocycles. The number of aromatic nitrogens is 2. The van der Waals surface area contributed by atoms with Gasteiger partial charge >= 0.3 is 0 Å². The van der Waals surface area contributed by atoms with E-state index in [9.17, 15) is 13.2 Å². The molecule has 0 aliphatic heterocycles. The molecule has 1 atom stereocenters. The summed E-state index contributed by atoms with van der Waals surface area (Å²) in [6, 6.07) is 3.05. The number of nitrogens with zero attached hydrogens (tertiary/aromatic N) is 2. The first-order valence-corrected chi connectivity index (χ1v) is 5.77. The van der Waals surface area contributed by atoms with E-state index in [2.05, 4.69) is 15.3 Å². The van der Waals surface area contributed by atoms with Gasteiger partial charge in [0, 0.05) is 11.8 Å². The third-order valence-corrected chi connectivity index (χ3v) is 2.68. The van der Waals surface area contributed by atoms with Crippen LogP contribution in [-0.4, -0.2) is 16.5 Å². The summed E-state index contributed by atoms with van der Waals surface area (Å²) in [6.45, 7) is 2.35. The average molecular weight is 267 g/mol. The van der Waals surface area contributed by atoms with Crippen LogP contribution in [0.1, 0.15) is 24.2 Å². The van der Waals surface area contributed by atoms with Gasteiger partial charge in [-0.15, -0.1) is 0 Å². The maximum absolute atomic E-state index is 13.8. The van der Waals surface area contributed by atoms with Gasteiger partial charge in [0.2, 0.25) is 0 Å². The van der Waals surface area contributed by atoms with Crippen LogP contribution < -0.4 is 5.32 Å². The number of hydrogen-bond donors (Lipinski definition) is 1. The lowest BCUT2D eigenvalue weighted by molar-refractivity contribution is 0.432. The third-order valence-electron chi connectivity index (χ3n) is 2.68. The second-order valence-corrected chi connectivity index (χ2v) is 3.89. The molecule has 6 heteroatoms. The molecule has 3 nitrogen and oxygen atoms in total. The number of halogens is 3. The van der Waals surface area contributed by atoms with Crippen molar-refractivity contribution >= 4 is 0 Å². The molecule has 0 saturated carbocycles. The molecule has 0 radical (unpaired) electrons. The Hall–Kier alpha value is -1.95. The minimum Gasteiger partial charge on any atom is -0.305 e. The van der Waals surface area contributed by atoms with Crippen LogP contribution in [0.4, 0.5) is 13.2 Å². The van der Waals surface area contributed by atoms with E-state index in [4.69, 9.17) is 0 Å². The van der Waals surface area contributed by atoms with E-state index >= 15 is 0 Å². The van der Waals surface area contributed by atoms with Crippen molar-refractivity contribution in [3.05, 3.63) is 59.4 Å². The van der Waals surface area contributed by atoms with Crippen molar-refractivity contribution in [3.63, 3.8) is 0 Å². The lowest BCUT2D eigenvalue weighted by atomic mass is 10.0. The molecule has 0 aliphatic rings. The number of benzene rings is 1. The van der Waals surface area contributed by atoms with Crippen LogP contribution in [-0.2, 0) is 0 Å². The first kappa shape index (κ1) is 13.5. The number of hydrogen-bond acceptors (Lipinski definition) is 3. The van der Waals surface area contributed by atoms with Gasteiger partial charge < -0.3 is 5.32 Å². The topological polar surface area (TPSA) is 37.8 Å². The summed E-state index contributed by atoms with van der Waals surface area (Å²) >= 11 is 0. The lowest BCUT2D eigenvalue weighted by Gasteiger charge is -2.18. The summed E-state index contributed by atoms with van der Waals surface area (Å²) in [7, 11) is 0. The van der Waals surface area contributed by atoms with Gasteiger partial charge in [0.05, 0.1) is 11.7 Å². The van der Waals surface area contributed by atoms with Crippen LogP contribution in [0.3, 0.4) is 0 Å². The molecule has 1 aromatic carbocycles. The average Bonchev–Trinajstić information content (AvgIpc) is 2.44. The molecule has 2 rings (SSSR count). The van der Waals surface area contributed by atoms with Gasteiger partial charge in [0.15, 0.2) is 17.5 Å². The van der Waals surface area contributed by atoms with Gasteiger partial charge in [-0.05, 0) is 18.7 Å². The highest BCUT2D eigenvalue weighted by Crippen LogP contribution is 2.25. The predicted octanol–water partition coefficient (Wildman–Crippen LogP) is 2.59. The zero-order valence-corrected chi connectivity index (χ0v) is 10.2. The van der Waals surface area contributed by atoms with Gasteiger partial charge in [-0.2, -0.15) is 0 Å². The molecule has 0 saturated heterocycles. The van der Waals surface area contributed by atoms with Crippen LogP contribution >= 0.6 is 0 Å². The van der Waals surface area contributed by atoms with Gasteiger partial charge in [-0.1, -0.05) is 13.0 Å². The molecule has 19 heavy (non-hydrogen) atoms. The van der Waals surface area contributed by atoms with Crippen LogP contribution in [0, 0.1) is 17.5 Å². The maximum Gasteiger partial charge on any atom is 0.194 e. The fraction of sp³-hybridized carbons (Fsp3) is 0.231. The fourth-order valence-corrected chi connectivity index (χ4v) is 1.81. The van der Waals surface area contributed by atoms with Crippen molar-refractivity contribution in [2.24, 2.45) is 0 Å². The molecule has 0 amide bonds. The van der Waals surface area contributed by atoms with Crippen LogP contribution in [0.25, 0.3) is 0 Å². The Bertz CT molecular complexity index is 561. The van der Waals surface area contributed by atoms with E-state index in [1.807, 2.05) is 6.92 Å². The Morgan fingerprint density at radius 3 is 2.58 bits per heavy atom. The van der Waals surface area contributed by atoms with E-state index in [0.717, 1.165) is 6.07 Å². The Labute approximate surface area is 108 Å². The molecule has 100 valence electrons. The van der Waals surface area contributed by atoms with Crippen molar-refractivity contribution in [2.75, 3.05) is 6.54 Å². The van der Waals surface area contributed by atoms with Crippen molar-refractivity contribution in [2.45, 2.75) is 13.0 Å².